The molecular weight excluding hydrogens is 450 g/mol. The first kappa shape index (κ1) is 23.8. The summed E-state index contributed by atoms with van der Waals surface area (Å²) in [6.07, 6.45) is 2.26. The maximum absolute atomic E-state index is 12.8. The lowest BCUT2D eigenvalue weighted by Crippen LogP contribution is -2.41. The molecule has 0 spiro atoms. The normalized spacial score (nSPS) is 14.1. The van der Waals surface area contributed by atoms with Crippen molar-refractivity contribution in [3.8, 4) is 5.69 Å². The molecule has 0 aliphatic carbocycles. The van der Waals surface area contributed by atoms with Crippen LogP contribution in [0.1, 0.15) is 31.0 Å². The van der Waals surface area contributed by atoms with Gasteiger partial charge >= 0.3 is 0 Å². The van der Waals surface area contributed by atoms with Crippen molar-refractivity contribution in [3.63, 3.8) is 0 Å². The van der Waals surface area contributed by atoms with Crippen LogP contribution < -0.4 is 15.5 Å². The van der Waals surface area contributed by atoms with E-state index < -0.39 is 0 Å². The second-order valence-corrected chi connectivity index (χ2v) is 9.08. The molecule has 3 aromatic rings. The maximum Gasteiger partial charge on any atom is 0.223 e. The number of halogens is 1. The van der Waals surface area contributed by atoms with Crippen LogP contribution in [0.2, 0.25) is 5.02 Å². The predicted molar refractivity (Wildman–Crippen MR) is 136 cm³/mol. The van der Waals surface area contributed by atoms with Crippen LogP contribution in [0, 0.1) is 12.8 Å². The van der Waals surface area contributed by atoms with Crippen molar-refractivity contribution < 1.29 is 9.59 Å². The summed E-state index contributed by atoms with van der Waals surface area (Å²) in [5, 5.41) is 11.5. The molecule has 1 fully saturated rings. The zero-order valence-electron chi connectivity index (χ0n) is 19.6. The average molecular weight is 480 g/mol. The molecule has 0 radical (unpaired) electrons. The van der Waals surface area contributed by atoms with Gasteiger partial charge in [-0.15, -0.1) is 0 Å². The van der Waals surface area contributed by atoms with Crippen molar-refractivity contribution in [2.24, 2.45) is 5.92 Å². The molecule has 2 aromatic carbocycles. The van der Waals surface area contributed by atoms with Gasteiger partial charge in [-0.05, 0) is 56.0 Å². The molecule has 8 heteroatoms. The average Bonchev–Trinajstić information content (AvgIpc) is 3.16. The monoisotopic (exact) mass is 479 g/mol. The number of piperidine rings is 1. The Morgan fingerprint density at radius 3 is 2.38 bits per heavy atom. The van der Waals surface area contributed by atoms with Gasteiger partial charge in [0.15, 0.2) is 5.82 Å². The number of anilines is 2. The zero-order valence-corrected chi connectivity index (χ0v) is 20.3. The molecule has 0 saturated carbocycles. The molecule has 0 bridgehead atoms. The summed E-state index contributed by atoms with van der Waals surface area (Å²) in [4.78, 5) is 26.9. The van der Waals surface area contributed by atoms with E-state index >= 15 is 0 Å². The van der Waals surface area contributed by atoms with E-state index in [0.29, 0.717) is 24.7 Å². The van der Waals surface area contributed by atoms with E-state index in [-0.39, 0.29) is 17.7 Å². The Morgan fingerprint density at radius 1 is 1.06 bits per heavy atom. The van der Waals surface area contributed by atoms with Gasteiger partial charge in [-0.3, -0.25) is 9.59 Å². The van der Waals surface area contributed by atoms with Gasteiger partial charge in [0.25, 0.3) is 0 Å². The minimum absolute atomic E-state index is 0.0279. The number of amides is 2. The third-order valence-electron chi connectivity index (χ3n) is 6.13. The fraction of sp³-hybridized carbons (Fsp3) is 0.346. The van der Waals surface area contributed by atoms with Crippen LogP contribution in [0.3, 0.4) is 0 Å². The fourth-order valence-electron chi connectivity index (χ4n) is 4.36. The highest BCUT2D eigenvalue weighted by Gasteiger charge is 2.29. The lowest BCUT2D eigenvalue weighted by molar-refractivity contribution is -0.125. The number of carbonyl (C=O) groups is 2. The highest BCUT2D eigenvalue weighted by molar-refractivity contribution is 6.30. The van der Waals surface area contributed by atoms with Gasteiger partial charge in [0.2, 0.25) is 11.8 Å². The van der Waals surface area contributed by atoms with E-state index in [2.05, 4.69) is 15.5 Å². The van der Waals surface area contributed by atoms with Crippen molar-refractivity contribution >= 4 is 34.9 Å². The maximum atomic E-state index is 12.8. The molecular formula is C26H30ClN5O2. The number of nitrogens with one attached hydrogen (secondary N) is 2. The number of carbonyl (C=O) groups excluding carboxylic acids is 2. The van der Waals surface area contributed by atoms with E-state index in [9.17, 15) is 9.59 Å². The molecule has 1 aliphatic heterocycles. The molecule has 1 saturated heterocycles. The van der Waals surface area contributed by atoms with Crippen molar-refractivity contribution in [1.29, 1.82) is 0 Å². The molecule has 1 aliphatic rings. The molecule has 7 nitrogen and oxygen atoms in total. The van der Waals surface area contributed by atoms with E-state index in [4.69, 9.17) is 16.7 Å². The highest BCUT2D eigenvalue weighted by Crippen LogP contribution is 2.34. The van der Waals surface area contributed by atoms with Crippen LogP contribution in [0.4, 0.5) is 11.5 Å². The largest absolute Gasteiger partial charge is 0.356 e. The smallest absolute Gasteiger partial charge is 0.223 e. The second kappa shape index (κ2) is 10.7. The van der Waals surface area contributed by atoms with Crippen molar-refractivity contribution in [1.82, 2.24) is 15.1 Å². The molecule has 2 N–H and O–H groups in total. The van der Waals surface area contributed by atoms with Crippen molar-refractivity contribution in [2.75, 3.05) is 29.9 Å². The van der Waals surface area contributed by atoms with Crippen molar-refractivity contribution in [2.45, 2.75) is 33.1 Å². The molecule has 4 rings (SSSR count). The van der Waals surface area contributed by atoms with E-state index in [1.165, 1.54) is 6.92 Å². The van der Waals surface area contributed by atoms with E-state index in [1.54, 1.807) is 0 Å². The predicted octanol–water partition coefficient (Wildman–Crippen LogP) is 4.37. The number of hydrogen-bond acceptors (Lipinski definition) is 4. The number of hydrogen-bond donors (Lipinski definition) is 2. The third kappa shape index (κ3) is 5.59. The Kier molecular flexibility index (Phi) is 7.53. The quantitative estimate of drug-likeness (QED) is 0.527. The number of aryl methyl sites for hydroxylation is 1. The van der Waals surface area contributed by atoms with Crippen LogP contribution in [-0.4, -0.2) is 41.2 Å². The summed E-state index contributed by atoms with van der Waals surface area (Å²) >= 11 is 5.93. The summed E-state index contributed by atoms with van der Waals surface area (Å²) in [5.41, 5.74) is 3.56. The Labute approximate surface area is 205 Å². The third-order valence-corrected chi connectivity index (χ3v) is 6.38. The first-order chi connectivity index (χ1) is 16.4. The minimum atomic E-state index is -0.132. The molecule has 0 atom stereocenters. The van der Waals surface area contributed by atoms with Crippen molar-refractivity contribution in [3.05, 3.63) is 70.9 Å². The number of aromatic nitrogens is 2. The Bertz CT molecular complexity index is 1140. The lowest BCUT2D eigenvalue weighted by atomic mass is 9.95. The Morgan fingerprint density at radius 2 is 1.74 bits per heavy atom. The van der Waals surface area contributed by atoms with Crippen LogP contribution in [0.15, 0.2) is 54.6 Å². The molecule has 2 amide bonds. The molecule has 34 heavy (non-hydrogen) atoms. The van der Waals surface area contributed by atoms with Gasteiger partial charge in [-0.2, -0.15) is 5.10 Å². The Balaban J connectivity index is 1.41. The summed E-state index contributed by atoms with van der Waals surface area (Å²) in [5.74, 6) is 0.802. The van der Waals surface area contributed by atoms with Crippen LogP contribution in [0.5, 0.6) is 0 Å². The molecule has 2 heterocycles. The van der Waals surface area contributed by atoms with Gasteiger partial charge in [-0.25, -0.2) is 4.68 Å². The summed E-state index contributed by atoms with van der Waals surface area (Å²) in [7, 11) is 0. The fourth-order valence-corrected chi connectivity index (χ4v) is 4.48. The second-order valence-electron chi connectivity index (χ2n) is 8.64. The van der Waals surface area contributed by atoms with Gasteiger partial charge in [0.1, 0.15) is 5.69 Å². The number of nitrogens with zero attached hydrogens (tertiary/aromatic N) is 3. The van der Waals surface area contributed by atoms with Gasteiger partial charge in [0.05, 0.1) is 11.4 Å². The zero-order chi connectivity index (χ0) is 24.1. The minimum Gasteiger partial charge on any atom is -0.356 e. The van der Waals surface area contributed by atoms with E-state index in [1.807, 2.05) is 66.2 Å². The lowest BCUT2D eigenvalue weighted by Gasteiger charge is -2.33. The molecule has 178 valence electrons. The first-order valence-electron chi connectivity index (χ1n) is 11.6. The van der Waals surface area contributed by atoms with Crippen LogP contribution in [0.25, 0.3) is 5.69 Å². The van der Waals surface area contributed by atoms with Gasteiger partial charge in [-0.1, -0.05) is 41.9 Å². The first-order valence-corrected chi connectivity index (χ1v) is 12.0. The standard InChI is InChI=1S/C26H30ClN5O2/c1-18-24(29-19(2)33)26(32(30-18)23-6-4-3-5-7-23)31-16-13-21(14-17-31)25(34)28-15-12-20-8-10-22(27)11-9-20/h3-11,21H,12-17H2,1-2H3,(H,28,34)(H,29,33). The molecule has 1 aromatic heterocycles. The number of benzene rings is 2. The summed E-state index contributed by atoms with van der Waals surface area (Å²) < 4.78 is 1.88. The van der Waals surface area contributed by atoms with Crippen LogP contribution >= 0.6 is 11.6 Å². The van der Waals surface area contributed by atoms with Crippen LogP contribution in [-0.2, 0) is 16.0 Å². The number of para-hydroxylation sites is 1. The summed E-state index contributed by atoms with van der Waals surface area (Å²) in [6.45, 7) is 5.42. The molecule has 0 unspecified atom stereocenters. The van der Waals surface area contributed by atoms with E-state index in [0.717, 1.165) is 47.7 Å². The topological polar surface area (TPSA) is 79.3 Å². The number of rotatable bonds is 7. The highest BCUT2D eigenvalue weighted by atomic mass is 35.5. The SMILES string of the molecule is CC(=O)Nc1c(C)nn(-c2ccccc2)c1N1CCC(C(=O)NCCc2ccc(Cl)cc2)CC1. The Hall–Kier alpha value is -3.32. The summed E-state index contributed by atoms with van der Waals surface area (Å²) in [6, 6.07) is 17.6. The van der Waals surface area contributed by atoms with Gasteiger partial charge < -0.3 is 15.5 Å². The van der Waals surface area contributed by atoms with Gasteiger partial charge in [0, 0.05) is 37.5 Å².